The summed E-state index contributed by atoms with van der Waals surface area (Å²) in [6.45, 7) is 0.204. The zero-order chi connectivity index (χ0) is 18.5. The third kappa shape index (κ3) is 4.42. The van der Waals surface area contributed by atoms with Gasteiger partial charge in [0.25, 0.3) is 0 Å². The fraction of sp³-hybridized carbons (Fsp3) is 0.0526. The molecule has 27 heavy (non-hydrogen) atoms. The highest BCUT2D eigenvalue weighted by atomic mass is 32.2. The fourth-order valence-corrected chi connectivity index (χ4v) is 4.22. The molecule has 2 aromatic carbocycles. The molecule has 4 aromatic rings. The van der Waals surface area contributed by atoms with E-state index in [2.05, 4.69) is 20.5 Å². The van der Waals surface area contributed by atoms with Gasteiger partial charge in [0.2, 0.25) is 5.13 Å². The van der Waals surface area contributed by atoms with Crippen LogP contribution in [0.15, 0.2) is 76.1 Å². The summed E-state index contributed by atoms with van der Waals surface area (Å²) in [7, 11) is 0. The second kappa shape index (κ2) is 8.15. The molecule has 2 aromatic heterocycles. The van der Waals surface area contributed by atoms with Crippen LogP contribution < -0.4 is 5.32 Å². The Morgan fingerprint density at radius 3 is 2.74 bits per heavy atom. The zero-order valence-corrected chi connectivity index (χ0v) is 15.7. The summed E-state index contributed by atoms with van der Waals surface area (Å²) in [4.78, 5) is 17.3. The smallest absolute Gasteiger partial charge is 0.413 e. The lowest BCUT2D eigenvalue weighted by Crippen LogP contribution is -2.13. The molecule has 0 unspecified atom stereocenters. The van der Waals surface area contributed by atoms with Crippen molar-refractivity contribution >= 4 is 45.2 Å². The standard InChI is InChI=1S/C19H14N4O2S2/c24-18(25-12-13-6-2-1-3-7-13)21-17-22-23-19(27-17)26-16-10-11-20-15-9-5-4-8-14(15)16/h1-11H,12H2,(H,21,22,24). The summed E-state index contributed by atoms with van der Waals surface area (Å²) >= 11 is 2.78. The number of amides is 1. The van der Waals surface area contributed by atoms with Crippen LogP contribution in [0.3, 0.4) is 0 Å². The molecule has 2 heterocycles. The molecule has 0 spiro atoms. The highest BCUT2D eigenvalue weighted by Gasteiger charge is 2.12. The van der Waals surface area contributed by atoms with Crippen LogP contribution in [-0.4, -0.2) is 21.3 Å². The molecule has 0 bridgehead atoms. The summed E-state index contributed by atoms with van der Waals surface area (Å²) in [5.74, 6) is 0. The van der Waals surface area contributed by atoms with Crippen LogP contribution >= 0.6 is 23.1 Å². The van der Waals surface area contributed by atoms with E-state index in [1.807, 2.05) is 60.7 Å². The molecular formula is C19H14N4O2S2. The molecule has 0 aliphatic carbocycles. The molecule has 4 rings (SSSR count). The minimum Gasteiger partial charge on any atom is -0.444 e. The molecule has 8 heteroatoms. The number of pyridine rings is 1. The second-order valence-electron chi connectivity index (χ2n) is 5.49. The Morgan fingerprint density at radius 1 is 1.04 bits per heavy atom. The Morgan fingerprint density at radius 2 is 1.85 bits per heavy atom. The topological polar surface area (TPSA) is 77.0 Å². The summed E-state index contributed by atoms with van der Waals surface area (Å²) < 4.78 is 5.92. The predicted octanol–water partition coefficient (Wildman–Crippen LogP) is 4.99. The number of rotatable bonds is 5. The van der Waals surface area contributed by atoms with E-state index in [-0.39, 0.29) is 6.61 Å². The molecule has 0 aliphatic heterocycles. The zero-order valence-electron chi connectivity index (χ0n) is 14.0. The number of aromatic nitrogens is 3. The molecule has 0 saturated heterocycles. The maximum atomic E-state index is 11.9. The molecule has 0 aliphatic rings. The predicted molar refractivity (Wildman–Crippen MR) is 106 cm³/mol. The number of fused-ring (bicyclic) bond motifs is 1. The van der Waals surface area contributed by atoms with Crippen LogP contribution in [-0.2, 0) is 11.3 Å². The van der Waals surface area contributed by atoms with Gasteiger partial charge in [-0.3, -0.25) is 10.3 Å². The minimum absolute atomic E-state index is 0.204. The Bertz CT molecular complexity index is 1060. The van der Waals surface area contributed by atoms with Crippen molar-refractivity contribution in [3.63, 3.8) is 0 Å². The van der Waals surface area contributed by atoms with E-state index in [0.29, 0.717) is 5.13 Å². The van der Waals surface area contributed by atoms with Crippen molar-refractivity contribution in [2.75, 3.05) is 5.32 Å². The van der Waals surface area contributed by atoms with E-state index in [1.165, 1.54) is 23.1 Å². The Balaban J connectivity index is 1.39. The lowest BCUT2D eigenvalue weighted by molar-refractivity contribution is 0.155. The maximum Gasteiger partial charge on any atom is 0.413 e. The quantitative estimate of drug-likeness (QED) is 0.481. The Hall–Kier alpha value is -2.97. The van der Waals surface area contributed by atoms with Gasteiger partial charge in [-0.05, 0) is 17.7 Å². The summed E-state index contributed by atoms with van der Waals surface area (Å²) in [6.07, 6.45) is 1.21. The van der Waals surface area contributed by atoms with E-state index in [1.54, 1.807) is 6.20 Å². The third-order valence-corrected chi connectivity index (χ3v) is 5.60. The van der Waals surface area contributed by atoms with Gasteiger partial charge in [-0.2, -0.15) is 0 Å². The van der Waals surface area contributed by atoms with Crippen molar-refractivity contribution in [2.24, 2.45) is 0 Å². The molecule has 0 saturated carbocycles. The first-order valence-electron chi connectivity index (χ1n) is 8.11. The average molecular weight is 394 g/mol. The number of carbonyl (C=O) groups is 1. The molecule has 0 atom stereocenters. The molecule has 134 valence electrons. The van der Waals surface area contributed by atoms with Crippen LogP contribution in [0.25, 0.3) is 10.9 Å². The minimum atomic E-state index is -0.555. The van der Waals surface area contributed by atoms with Crippen molar-refractivity contribution in [2.45, 2.75) is 15.8 Å². The number of hydrogen-bond acceptors (Lipinski definition) is 7. The maximum absolute atomic E-state index is 11.9. The van der Waals surface area contributed by atoms with Gasteiger partial charge >= 0.3 is 6.09 Å². The second-order valence-corrected chi connectivity index (χ2v) is 7.75. The number of anilines is 1. The van der Waals surface area contributed by atoms with Crippen LogP contribution in [0.4, 0.5) is 9.93 Å². The van der Waals surface area contributed by atoms with E-state index in [9.17, 15) is 4.79 Å². The van der Waals surface area contributed by atoms with Gasteiger partial charge < -0.3 is 4.74 Å². The SMILES string of the molecule is O=C(Nc1nnc(Sc2ccnc3ccccc23)s1)OCc1ccccc1. The molecule has 1 amide bonds. The number of hydrogen-bond donors (Lipinski definition) is 1. The molecule has 1 N–H and O–H groups in total. The number of carbonyl (C=O) groups excluding carboxylic acids is 1. The summed E-state index contributed by atoms with van der Waals surface area (Å²) in [6, 6.07) is 19.4. The molecular weight excluding hydrogens is 380 g/mol. The number of nitrogens with zero attached hydrogens (tertiary/aromatic N) is 3. The number of nitrogens with one attached hydrogen (secondary N) is 1. The van der Waals surface area contributed by atoms with Crippen LogP contribution in [0.1, 0.15) is 5.56 Å². The highest BCUT2D eigenvalue weighted by Crippen LogP contribution is 2.35. The van der Waals surface area contributed by atoms with Gasteiger partial charge in [0.15, 0.2) is 4.34 Å². The normalized spacial score (nSPS) is 10.7. The fourth-order valence-electron chi connectivity index (χ4n) is 2.40. The van der Waals surface area contributed by atoms with Crippen LogP contribution in [0, 0.1) is 0 Å². The van der Waals surface area contributed by atoms with Gasteiger partial charge in [0, 0.05) is 16.5 Å². The van der Waals surface area contributed by atoms with E-state index in [4.69, 9.17) is 4.74 Å². The summed E-state index contributed by atoms with van der Waals surface area (Å²) in [5.41, 5.74) is 1.85. The van der Waals surface area contributed by atoms with Crippen molar-refractivity contribution in [3.8, 4) is 0 Å². The third-order valence-electron chi connectivity index (χ3n) is 3.63. The van der Waals surface area contributed by atoms with Gasteiger partial charge in [-0.1, -0.05) is 71.6 Å². The molecule has 0 fully saturated rings. The van der Waals surface area contributed by atoms with E-state index in [0.717, 1.165) is 25.7 Å². The first kappa shape index (κ1) is 17.4. The van der Waals surface area contributed by atoms with Gasteiger partial charge in [-0.25, -0.2) is 4.79 Å². The molecule has 0 radical (unpaired) electrons. The van der Waals surface area contributed by atoms with Gasteiger partial charge in [-0.15, -0.1) is 10.2 Å². The van der Waals surface area contributed by atoms with E-state index < -0.39 is 6.09 Å². The van der Waals surface area contributed by atoms with Gasteiger partial charge in [0.1, 0.15) is 6.61 Å². The largest absolute Gasteiger partial charge is 0.444 e. The first-order chi connectivity index (χ1) is 13.3. The average Bonchev–Trinajstić information content (AvgIpc) is 3.14. The van der Waals surface area contributed by atoms with Crippen molar-refractivity contribution < 1.29 is 9.53 Å². The molecule has 6 nitrogen and oxygen atoms in total. The number of para-hydroxylation sites is 1. The van der Waals surface area contributed by atoms with Crippen molar-refractivity contribution in [1.29, 1.82) is 0 Å². The van der Waals surface area contributed by atoms with Crippen molar-refractivity contribution in [1.82, 2.24) is 15.2 Å². The number of benzene rings is 2. The van der Waals surface area contributed by atoms with Crippen molar-refractivity contribution in [3.05, 3.63) is 72.4 Å². The Labute approximate surface area is 163 Å². The first-order valence-corrected chi connectivity index (χ1v) is 9.74. The van der Waals surface area contributed by atoms with Crippen LogP contribution in [0.5, 0.6) is 0 Å². The number of ether oxygens (including phenoxy) is 1. The van der Waals surface area contributed by atoms with E-state index >= 15 is 0 Å². The summed E-state index contributed by atoms with van der Waals surface area (Å²) in [5, 5.41) is 12.2. The lowest BCUT2D eigenvalue weighted by atomic mass is 10.2. The highest BCUT2D eigenvalue weighted by molar-refractivity contribution is 8.01. The monoisotopic (exact) mass is 394 g/mol. The lowest BCUT2D eigenvalue weighted by Gasteiger charge is -2.04. The van der Waals surface area contributed by atoms with Crippen LogP contribution in [0.2, 0.25) is 0 Å². The Kier molecular flexibility index (Phi) is 5.27. The van der Waals surface area contributed by atoms with Gasteiger partial charge in [0.05, 0.1) is 5.52 Å².